The first kappa shape index (κ1) is 10.4. The summed E-state index contributed by atoms with van der Waals surface area (Å²) in [4.78, 5) is 8.54. The first-order chi connectivity index (χ1) is 8.39. The molecule has 0 atom stereocenters. The highest BCUT2D eigenvalue weighted by molar-refractivity contribution is 5.22. The van der Waals surface area contributed by atoms with Gasteiger partial charge in [0.15, 0.2) is 0 Å². The van der Waals surface area contributed by atoms with Crippen molar-refractivity contribution in [1.29, 1.82) is 0 Å². The summed E-state index contributed by atoms with van der Waals surface area (Å²) in [7, 11) is 0. The molecule has 1 aliphatic rings. The van der Waals surface area contributed by atoms with Gasteiger partial charge in [-0.1, -0.05) is 30.3 Å². The van der Waals surface area contributed by atoms with E-state index in [1.807, 2.05) is 12.3 Å². The predicted molar refractivity (Wildman–Crippen MR) is 66.2 cm³/mol. The summed E-state index contributed by atoms with van der Waals surface area (Å²) >= 11 is 0. The quantitative estimate of drug-likeness (QED) is 0.867. The molecule has 1 saturated carbocycles. The van der Waals surface area contributed by atoms with Crippen LogP contribution in [0.15, 0.2) is 48.9 Å². The van der Waals surface area contributed by atoms with Gasteiger partial charge in [-0.05, 0) is 18.4 Å². The fourth-order valence-electron chi connectivity index (χ4n) is 2.06. The highest BCUT2D eigenvalue weighted by atomic mass is 15.1. The Morgan fingerprint density at radius 1 is 1.12 bits per heavy atom. The fraction of sp³-hybridized carbons (Fsp3) is 0.286. The monoisotopic (exact) mass is 225 g/mol. The van der Waals surface area contributed by atoms with Gasteiger partial charge in [-0.25, -0.2) is 0 Å². The van der Waals surface area contributed by atoms with Crippen molar-refractivity contribution in [3.63, 3.8) is 0 Å². The number of benzene rings is 1. The molecule has 0 bridgehead atoms. The molecule has 0 spiro atoms. The van der Waals surface area contributed by atoms with Crippen molar-refractivity contribution in [2.75, 3.05) is 0 Å². The summed E-state index contributed by atoms with van der Waals surface area (Å²) in [6.45, 7) is 0.886. The van der Waals surface area contributed by atoms with Crippen LogP contribution in [0.2, 0.25) is 0 Å². The second kappa shape index (κ2) is 4.26. The Labute approximate surface area is 101 Å². The Balaban J connectivity index is 1.70. The lowest BCUT2D eigenvalue weighted by Crippen LogP contribution is -2.29. The summed E-state index contributed by atoms with van der Waals surface area (Å²) in [5, 5.41) is 3.60. The third kappa shape index (κ3) is 2.19. The number of hydrogen-bond donors (Lipinski definition) is 1. The number of nitrogens with one attached hydrogen (secondary N) is 1. The topological polar surface area (TPSA) is 37.8 Å². The second-order valence-electron chi connectivity index (χ2n) is 4.51. The molecule has 1 heterocycles. The van der Waals surface area contributed by atoms with Gasteiger partial charge in [0.2, 0.25) is 0 Å². The van der Waals surface area contributed by atoms with Crippen LogP contribution in [-0.2, 0) is 12.1 Å². The van der Waals surface area contributed by atoms with E-state index in [4.69, 9.17) is 0 Å². The van der Waals surface area contributed by atoms with Gasteiger partial charge < -0.3 is 5.32 Å². The molecule has 1 N–H and O–H groups in total. The van der Waals surface area contributed by atoms with E-state index in [1.165, 1.54) is 5.56 Å². The van der Waals surface area contributed by atoms with Gasteiger partial charge in [-0.3, -0.25) is 9.97 Å². The highest BCUT2D eigenvalue weighted by Gasteiger charge is 2.45. The van der Waals surface area contributed by atoms with Crippen LogP contribution in [0.25, 0.3) is 0 Å². The molecule has 0 saturated heterocycles. The van der Waals surface area contributed by atoms with Crippen molar-refractivity contribution < 1.29 is 0 Å². The van der Waals surface area contributed by atoms with E-state index in [2.05, 4.69) is 39.6 Å². The summed E-state index contributed by atoms with van der Waals surface area (Å²) in [6.07, 6.45) is 7.65. The average molecular weight is 225 g/mol. The molecule has 0 aliphatic heterocycles. The molecular weight excluding hydrogens is 210 g/mol. The van der Waals surface area contributed by atoms with Crippen molar-refractivity contribution >= 4 is 0 Å². The zero-order valence-corrected chi connectivity index (χ0v) is 9.63. The molecule has 1 aliphatic carbocycles. The molecule has 3 rings (SSSR count). The largest absolute Gasteiger partial charge is 0.302 e. The molecule has 3 heteroatoms. The number of nitrogens with zero attached hydrogens (tertiary/aromatic N) is 2. The van der Waals surface area contributed by atoms with E-state index in [-0.39, 0.29) is 5.54 Å². The van der Waals surface area contributed by atoms with Crippen LogP contribution in [0.3, 0.4) is 0 Å². The Bertz CT molecular complexity index is 477. The zero-order valence-electron chi connectivity index (χ0n) is 9.63. The Hall–Kier alpha value is -1.74. The Morgan fingerprint density at radius 3 is 2.59 bits per heavy atom. The average Bonchev–Trinajstić information content (AvgIpc) is 3.20. The molecule has 0 radical (unpaired) electrons. The maximum atomic E-state index is 4.40. The van der Waals surface area contributed by atoms with E-state index in [0.29, 0.717) is 0 Å². The van der Waals surface area contributed by atoms with Gasteiger partial charge in [0, 0.05) is 18.9 Å². The third-order valence-corrected chi connectivity index (χ3v) is 3.28. The number of aromatic nitrogens is 2. The Morgan fingerprint density at radius 2 is 1.94 bits per heavy atom. The minimum atomic E-state index is 0.0735. The van der Waals surface area contributed by atoms with Crippen LogP contribution in [0.5, 0.6) is 0 Å². The van der Waals surface area contributed by atoms with Crippen molar-refractivity contribution in [3.05, 3.63) is 60.2 Å². The number of hydrogen-bond acceptors (Lipinski definition) is 3. The highest BCUT2D eigenvalue weighted by Crippen LogP contribution is 2.44. The van der Waals surface area contributed by atoms with Gasteiger partial charge in [-0.2, -0.15) is 0 Å². The third-order valence-electron chi connectivity index (χ3n) is 3.28. The lowest BCUT2D eigenvalue weighted by atomic mass is 10.1. The van der Waals surface area contributed by atoms with Crippen molar-refractivity contribution in [2.45, 2.75) is 24.9 Å². The molecular formula is C14H15N3. The van der Waals surface area contributed by atoms with Crippen LogP contribution >= 0.6 is 0 Å². The molecule has 1 fully saturated rings. The fourth-order valence-corrected chi connectivity index (χ4v) is 2.06. The lowest BCUT2D eigenvalue weighted by molar-refractivity contribution is 0.503. The van der Waals surface area contributed by atoms with E-state index < -0.39 is 0 Å². The van der Waals surface area contributed by atoms with Crippen LogP contribution in [0.1, 0.15) is 24.1 Å². The van der Waals surface area contributed by atoms with Crippen LogP contribution in [0.4, 0.5) is 0 Å². The molecule has 0 amide bonds. The first-order valence-corrected chi connectivity index (χ1v) is 5.95. The number of rotatable bonds is 4. The van der Waals surface area contributed by atoms with Crippen molar-refractivity contribution in [2.24, 2.45) is 0 Å². The molecule has 17 heavy (non-hydrogen) atoms. The van der Waals surface area contributed by atoms with E-state index in [0.717, 1.165) is 25.1 Å². The SMILES string of the molecule is c1ccc(CNC2(c3cnccn3)CC2)cc1. The second-order valence-corrected chi connectivity index (χ2v) is 4.51. The summed E-state index contributed by atoms with van der Waals surface area (Å²) in [5.41, 5.74) is 2.45. The van der Waals surface area contributed by atoms with Gasteiger partial charge in [0.1, 0.15) is 0 Å². The summed E-state index contributed by atoms with van der Waals surface area (Å²) in [6, 6.07) is 10.5. The predicted octanol–water partition coefficient (Wildman–Crippen LogP) is 2.26. The zero-order chi connectivity index (χ0) is 11.6. The van der Waals surface area contributed by atoms with Crippen LogP contribution < -0.4 is 5.32 Å². The maximum absolute atomic E-state index is 4.40. The molecule has 3 nitrogen and oxygen atoms in total. The van der Waals surface area contributed by atoms with Gasteiger partial charge in [0.05, 0.1) is 17.4 Å². The van der Waals surface area contributed by atoms with Crippen molar-refractivity contribution in [1.82, 2.24) is 15.3 Å². The minimum Gasteiger partial charge on any atom is -0.302 e. The van der Waals surface area contributed by atoms with E-state index >= 15 is 0 Å². The maximum Gasteiger partial charge on any atom is 0.0787 e. The molecule has 1 aromatic carbocycles. The lowest BCUT2D eigenvalue weighted by Gasteiger charge is -2.16. The normalized spacial score (nSPS) is 16.7. The van der Waals surface area contributed by atoms with Crippen LogP contribution in [0, 0.1) is 0 Å². The minimum absolute atomic E-state index is 0.0735. The van der Waals surface area contributed by atoms with Gasteiger partial charge in [0.25, 0.3) is 0 Å². The molecule has 0 unspecified atom stereocenters. The molecule has 86 valence electrons. The molecule has 2 aromatic rings. The summed E-state index contributed by atoms with van der Waals surface area (Å²) < 4.78 is 0. The standard InChI is InChI=1S/C14H15N3/c1-2-4-12(5-3-1)10-17-14(6-7-14)13-11-15-8-9-16-13/h1-5,8-9,11,17H,6-7,10H2. The van der Waals surface area contributed by atoms with E-state index in [1.54, 1.807) is 12.4 Å². The Kier molecular flexibility index (Phi) is 2.61. The molecule has 1 aromatic heterocycles. The van der Waals surface area contributed by atoms with Crippen LogP contribution in [-0.4, -0.2) is 9.97 Å². The van der Waals surface area contributed by atoms with E-state index in [9.17, 15) is 0 Å². The first-order valence-electron chi connectivity index (χ1n) is 5.95. The summed E-state index contributed by atoms with van der Waals surface area (Å²) in [5.74, 6) is 0. The van der Waals surface area contributed by atoms with Gasteiger partial charge >= 0.3 is 0 Å². The smallest absolute Gasteiger partial charge is 0.0787 e. The van der Waals surface area contributed by atoms with Crippen molar-refractivity contribution in [3.8, 4) is 0 Å². The van der Waals surface area contributed by atoms with Gasteiger partial charge in [-0.15, -0.1) is 0 Å².